The summed E-state index contributed by atoms with van der Waals surface area (Å²) in [7, 11) is 0. The Morgan fingerprint density at radius 2 is 0.826 bits per heavy atom. The summed E-state index contributed by atoms with van der Waals surface area (Å²) in [5.41, 5.74) is 0.401. The molecule has 8 bridgehead atoms. The molecule has 2 saturated carbocycles. The number of nitrogens with zero attached hydrogens (tertiary/aromatic N) is 2. The van der Waals surface area contributed by atoms with Gasteiger partial charge in [0.2, 0.25) is 0 Å². The lowest BCUT2D eigenvalue weighted by Gasteiger charge is -2.91. The number of para-hydroxylation sites is 2. The van der Waals surface area contributed by atoms with Gasteiger partial charge in [-0.2, -0.15) is 0 Å². The normalized spacial score (nSPS) is 35.6. The molecule has 46 heavy (non-hydrogen) atoms. The minimum absolute atomic E-state index is 0.141. The van der Waals surface area contributed by atoms with Crippen molar-refractivity contribution in [1.29, 1.82) is 0 Å². The lowest BCUT2D eigenvalue weighted by atomic mass is 9.23. The Morgan fingerprint density at radius 1 is 0.522 bits per heavy atom. The van der Waals surface area contributed by atoms with Gasteiger partial charge in [0.1, 0.15) is 11.5 Å². The van der Waals surface area contributed by atoms with Crippen LogP contribution in [0.4, 0.5) is 9.59 Å². The van der Waals surface area contributed by atoms with Crippen LogP contribution in [0.3, 0.4) is 0 Å². The second kappa shape index (κ2) is 9.92. The predicted octanol–water partition coefficient (Wildman–Crippen LogP) is 5.29. The summed E-state index contributed by atoms with van der Waals surface area (Å²) < 4.78 is 12.0. The Morgan fingerprint density at radius 3 is 1.13 bits per heavy atom. The number of hydrogen-bond donors (Lipinski definition) is 2. The topological polar surface area (TPSA) is 99.5 Å². The summed E-state index contributed by atoms with van der Waals surface area (Å²) in [5, 5.41) is 23.2. The molecule has 4 heterocycles. The fourth-order valence-electron chi connectivity index (χ4n) is 10.9. The number of carbonyl (C=O) groups is 2. The van der Waals surface area contributed by atoms with Gasteiger partial charge in [-0.25, -0.2) is 9.59 Å². The van der Waals surface area contributed by atoms with Gasteiger partial charge in [0.15, 0.2) is 0 Å². The number of benzene rings is 4. The average molecular weight is 615 g/mol. The van der Waals surface area contributed by atoms with E-state index in [2.05, 4.69) is 24.3 Å². The van der Waals surface area contributed by atoms with Gasteiger partial charge in [-0.3, -0.25) is 9.80 Å². The van der Waals surface area contributed by atoms with Gasteiger partial charge < -0.3 is 19.7 Å². The highest BCUT2D eigenvalue weighted by Gasteiger charge is 2.93. The number of piperidine rings is 4. The maximum atomic E-state index is 14.3. The highest BCUT2D eigenvalue weighted by atomic mass is 16.6. The molecular weight excluding hydrogens is 580 g/mol. The van der Waals surface area contributed by atoms with Crippen molar-refractivity contribution < 1.29 is 29.3 Å². The van der Waals surface area contributed by atoms with Gasteiger partial charge in [0, 0.05) is 34.5 Å². The maximum absolute atomic E-state index is 14.3. The first-order valence-corrected chi connectivity index (χ1v) is 16.0. The van der Waals surface area contributed by atoms with Gasteiger partial charge in [0.05, 0.1) is 37.4 Å². The Balaban J connectivity index is 1.24. The van der Waals surface area contributed by atoms with Gasteiger partial charge in [-0.05, 0) is 35.4 Å². The first kappa shape index (κ1) is 27.6. The predicted molar refractivity (Wildman–Crippen MR) is 168 cm³/mol. The fraction of sp³-hybridized carbons (Fsp3) is 0.316. The van der Waals surface area contributed by atoms with Crippen molar-refractivity contribution >= 4 is 12.2 Å². The molecule has 10 rings (SSSR count). The minimum Gasteiger partial charge on any atom is -0.410 e. The van der Waals surface area contributed by atoms with Crippen molar-refractivity contribution in [2.45, 2.75) is 36.0 Å². The Kier molecular flexibility index (Phi) is 5.96. The van der Waals surface area contributed by atoms with Gasteiger partial charge in [-0.1, -0.05) is 97.1 Å². The lowest BCUT2D eigenvalue weighted by molar-refractivity contribution is -0.405. The van der Waals surface area contributed by atoms with Crippen molar-refractivity contribution in [2.75, 3.05) is 13.2 Å². The number of rotatable bonds is 6. The molecule has 232 valence electrons. The Bertz CT molecular complexity index is 1630. The average Bonchev–Trinajstić information content (AvgIpc) is 3.07. The maximum Gasteiger partial charge on any atom is 0.415 e. The molecule has 6 atom stereocenters. The first-order valence-electron chi connectivity index (χ1n) is 16.0. The van der Waals surface area contributed by atoms with E-state index in [1.165, 1.54) is 0 Å². The SMILES string of the molecule is O=C(Oc1ccccc1)N1C2C3C(c4ccccc4)C4(CO)C1C1C(c5ccccc5)C2(CO)C3N(C(=O)Oc2ccccc2)C14. The molecule has 8 heteroatoms. The van der Waals surface area contributed by atoms with E-state index in [0.717, 1.165) is 11.1 Å². The molecular formula is C38H34N2O6. The van der Waals surface area contributed by atoms with Crippen molar-refractivity contribution in [3.63, 3.8) is 0 Å². The number of hydrogen-bond acceptors (Lipinski definition) is 6. The summed E-state index contributed by atoms with van der Waals surface area (Å²) in [6.45, 7) is -0.460. The van der Waals surface area contributed by atoms with E-state index < -0.39 is 47.2 Å². The van der Waals surface area contributed by atoms with Crippen LogP contribution in [0.1, 0.15) is 23.0 Å². The summed E-state index contributed by atoms with van der Waals surface area (Å²) in [6.07, 6.45) is -0.968. The van der Waals surface area contributed by atoms with E-state index in [9.17, 15) is 19.8 Å². The van der Waals surface area contributed by atoms with E-state index in [1.54, 1.807) is 24.3 Å². The summed E-state index contributed by atoms with van der Waals surface area (Å²) >= 11 is 0. The molecule has 6 aliphatic rings. The third kappa shape index (κ3) is 3.25. The van der Waals surface area contributed by atoms with Crippen LogP contribution in [0.5, 0.6) is 11.5 Å². The number of carbonyl (C=O) groups excluding carboxylic acids is 2. The van der Waals surface area contributed by atoms with Crippen molar-refractivity contribution in [1.82, 2.24) is 9.80 Å². The molecule has 6 unspecified atom stereocenters. The summed E-state index contributed by atoms with van der Waals surface area (Å²) in [4.78, 5) is 32.4. The smallest absolute Gasteiger partial charge is 0.410 e. The molecule has 0 spiro atoms. The third-order valence-corrected chi connectivity index (χ3v) is 12.0. The lowest BCUT2D eigenvalue weighted by Crippen LogP contribution is -3.02. The molecule has 4 aromatic rings. The van der Waals surface area contributed by atoms with E-state index in [4.69, 9.17) is 9.47 Å². The molecule has 0 radical (unpaired) electrons. The van der Waals surface area contributed by atoms with Crippen LogP contribution < -0.4 is 9.47 Å². The zero-order chi connectivity index (χ0) is 31.2. The van der Waals surface area contributed by atoms with Gasteiger partial charge in [-0.15, -0.1) is 0 Å². The number of aliphatic hydroxyl groups is 2. The van der Waals surface area contributed by atoms with E-state index in [-0.39, 0.29) is 36.9 Å². The highest BCUT2D eigenvalue weighted by Crippen LogP contribution is 2.84. The van der Waals surface area contributed by atoms with Crippen LogP contribution in [0.2, 0.25) is 0 Å². The second-order valence-corrected chi connectivity index (χ2v) is 13.4. The Labute approximate surface area is 266 Å². The molecule has 8 nitrogen and oxygen atoms in total. The van der Waals surface area contributed by atoms with Crippen LogP contribution in [0.15, 0.2) is 121 Å². The monoisotopic (exact) mass is 614 g/mol. The highest BCUT2D eigenvalue weighted by molar-refractivity contribution is 5.79. The molecule has 4 aliphatic heterocycles. The van der Waals surface area contributed by atoms with E-state index in [1.807, 2.05) is 82.6 Å². The van der Waals surface area contributed by atoms with E-state index in [0.29, 0.717) is 11.5 Å². The van der Waals surface area contributed by atoms with Crippen molar-refractivity contribution in [3.05, 3.63) is 132 Å². The quantitative estimate of drug-likeness (QED) is 0.306. The first-order chi connectivity index (χ1) is 22.6. The van der Waals surface area contributed by atoms with Crippen LogP contribution in [0, 0.1) is 22.7 Å². The van der Waals surface area contributed by atoms with Gasteiger partial charge in [0.25, 0.3) is 0 Å². The standard InChI is InChI=1S/C38H34N2O6/c41-21-37-29(23-13-5-1-6-14-23)27-31-38(22-42)30(24-15-7-2-8-16-24)28(33(37)39(31)35(43)45-25-17-9-3-10-18-25)34(37)40(32(27)38)36(44)46-26-19-11-4-12-20-26/h1-20,27-34,41-42H,21-22H2. The Hall–Kier alpha value is -4.66. The molecule has 2 amide bonds. The summed E-state index contributed by atoms with van der Waals surface area (Å²) in [5.74, 6) is 0.0523. The molecule has 4 aromatic carbocycles. The zero-order valence-corrected chi connectivity index (χ0v) is 25.0. The number of amides is 2. The van der Waals surface area contributed by atoms with Crippen LogP contribution in [-0.4, -0.2) is 69.6 Å². The van der Waals surface area contributed by atoms with Crippen molar-refractivity contribution in [3.8, 4) is 11.5 Å². The number of ether oxygens (including phenoxy) is 2. The number of aliphatic hydroxyl groups excluding tert-OH is 2. The van der Waals surface area contributed by atoms with Crippen LogP contribution in [0.25, 0.3) is 0 Å². The van der Waals surface area contributed by atoms with Crippen LogP contribution >= 0.6 is 0 Å². The minimum atomic E-state index is -0.871. The second-order valence-electron chi connectivity index (χ2n) is 13.4. The van der Waals surface area contributed by atoms with Crippen molar-refractivity contribution in [2.24, 2.45) is 22.7 Å². The molecule has 0 aromatic heterocycles. The zero-order valence-electron chi connectivity index (χ0n) is 25.0. The summed E-state index contributed by atoms with van der Waals surface area (Å²) in [6, 6.07) is 36.5. The molecule has 2 N–H and O–H groups in total. The van der Waals surface area contributed by atoms with Crippen LogP contribution in [-0.2, 0) is 0 Å². The fourth-order valence-corrected chi connectivity index (χ4v) is 10.9. The molecule has 6 fully saturated rings. The molecule has 4 saturated heterocycles. The largest absolute Gasteiger partial charge is 0.415 e. The van der Waals surface area contributed by atoms with Gasteiger partial charge >= 0.3 is 12.2 Å². The van der Waals surface area contributed by atoms with E-state index >= 15 is 0 Å². The molecule has 2 aliphatic carbocycles. The third-order valence-electron chi connectivity index (χ3n) is 12.0.